The van der Waals surface area contributed by atoms with E-state index in [0.717, 1.165) is 5.69 Å². The molecule has 0 saturated heterocycles. The smallest absolute Gasteiger partial charge is 0.210 e. The van der Waals surface area contributed by atoms with Crippen LogP contribution in [0.25, 0.3) is 33.5 Å². The Morgan fingerprint density at radius 3 is 1.62 bits per heavy atom. The topological polar surface area (TPSA) is 14.1 Å². The van der Waals surface area contributed by atoms with Crippen LogP contribution in [0.4, 0.5) is 0 Å². The van der Waals surface area contributed by atoms with E-state index in [2.05, 4.69) is 96.1 Å². The molecule has 4 rings (SSSR count). The van der Waals surface area contributed by atoms with Crippen molar-refractivity contribution >= 4 is 0 Å². The molecule has 0 aliphatic heterocycles. The van der Waals surface area contributed by atoms with Crippen molar-refractivity contribution in [3.8, 4) is 33.5 Å². The van der Waals surface area contributed by atoms with Crippen LogP contribution < -0.4 is 4.98 Å². The van der Waals surface area contributed by atoms with Gasteiger partial charge in [-0.1, -0.05) is 72.8 Å². The number of rotatable bonds is 3. The third-order valence-corrected chi connectivity index (χ3v) is 4.20. The fourth-order valence-corrected chi connectivity index (χ4v) is 2.91. The van der Waals surface area contributed by atoms with Gasteiger partial charge < -0.3 is 0 Å². The molecule has 0 aliphatic rings. The molecule has 0 spiro atoms. The minimum atomic E-state index is 1.12. The lowest BCUT2D eigenvalue weighted by Gasteiger charge is -2.04. The van der Waals surface area contributed by atoms with Gasteiger partial charge in [0.1, 0.15) is 0 Å². The molecule has 0 fully saturated rings. The summed E-state index contributed by atoms with van der Waals surface area (Å²) in [5.74, 6) is 0. The number of hydrogen-bond donors (Lipinski definition) is 0. The largest absolute Gasteiger partial charge is 0.211 e. The zero-order valence-corrected chi connectivity index (χ0v) is 13.3. The number of benzene rings is 3. The monoisotopic (exact) mass is 308 g/mol. The molecule has 1 aromatic heterocycles. The third kappa shape index (κ3) is 2.97. The second-order valence-electron chi connectivity index (χ2n) is 5.80. The quantitative estimate of drug-likeness (QED) is 0.474. The fourth-order valence-electron chi connectivity index (χ4n) is 2.91. The molecule has 0 aliphatic carbocycles. The summed E-state index contributed by atoms with van der Waals surface area (Å²) in [4.78, 5) is 3.43. The summed E-state index contributed by atoms with van der Waals surface area (Å²) >= 11 is 0. The Bertz CT molecular complexity index is 926. The van der Waals surface area contributed by atoms with Gasteiger partial charge in [-0.15, -0.1) is 0 Å². The minimum absolute atomic E-state index is 1.12. The van der Waals surface area contributed by atoms with Crippen LogP contribution in [-0.4, -0.2) is 0 Å². The maximum atomic E-state index is 3.43. The molecular formula is C23H18N+. The standard InChI is InChI=1S/C23H17N/c1-3-8-18(9-4-1)20-12-7-13-21(16-20)23-15-14-22(17-24-23)19-10-5-2-6-11-19/h1-17H/p+1. The molecule has 0 atom stereocenters. The van der Waals surface area contributed by atoms with Crippen molar-refractivity contribution in [2.24, 2.45) is 0 Å². The SMILES string of the molecule is c1ccc(-c2ccc(-c3cccc(-c4ccccc4)c3)[nH+]c2)cc1. The normalized spacial score (nSPS) is 10.5. The summed E-state index contributed by atoms with van der Waals surface area (Å²) in [6.45, 7) is 0. The number of nitrogens with one attached hydrogen (secondary N) is 1. The van der Waals surface area contributed by atoms with Gasteiger partial charge >= 0.3 is 0 Å². The van der Waals surface area contributed by atoms with Crippen molar-refractivity contribution in [2.75, 3.05) is 0 Å². The van der Waals surface area contributed by atoms with E-state index in [1.54, 1.807) is 0 Å². The minimum Gasteiger partial charge on any atom is -0.211 e. The van der Waals surface area contributed by atoms with Crippen LogP contribution in [0.1, 0.15) is 0 Å². The number of pyridine rings is 1. The number of hydrogen-bond acceptors (Lipinski definition) is 0. The van der Waals surface area contributed by atoms with Crippen LogP contribution in [0.2, 0.25) is 0 Å². The van der Waals surface area contributed by atoms with Gasteiger partial charge in [0.25, 0.3) is 0 Å². The Labute approximate surface area is 142 Å². The van der Waals surface area contributed by atoms with Crippen molar-refractivity contribution in [1.82, 2.24) is 0 Å². The molecule has 0 bridgehead atoms. The van der Waals surface area contributed by atoms with E-state index in [1.165, 1.54) is 27.8 Å². The second kappa shape index (κ2) is 6.51. The zero-order valence-electron chi connectivity index (χ0n) is 13.3. The highest BCUT2D eigenvalue weighted by molar-refractivity contribution is 5.71. The van der Waals surface area contributed by atoms with Gasteiger partial charge in [0.15, 0.2) is 6.20 Å². The highest BCUT2D eigenvalue weighted by atomic mass is 14.7. The Morgan fingerprint density at radius 2 is 1.00 bits per heavy atom. The number of aromatic amines is 1. The maximum absolute atomic E-state index is 3.43. The summed E-state index contributed by atoms with van der Waals surface area (Å²) < 4.78 is 0. The maximum Gasteiger partial charge on any atom is 0.210 e. The molecule has 0 radical (unpaired) electrons. The van der Waals surface area contributed by atoms with Gasteiger partial charge in [-0.25, -0.2) is 4.98 Å². The first-order valence-corrected chi connectivity index (χ1v) is 8.13. The molecule has 114 valence electrons. The van der Waals surface area contributed by atoms with Gasteiger partial charge in [0.05, 0.1) is 0 Å². The van der Waals surface area contributed by atoms with E-state index in [9.17, 15) is 0 Å². The molecule has 1 nitrogen and oxygen atoms in total. The Kier molecular flexibility index (Phi) is 3.91. The van der Waals surface area contributed by atoms with Gasteiger partial charge in [0.2, 0.25) is 5.69 Å². The van der Waals surface area contributed by atoms with E-state index in [-0.39, 0.29) is 0 Å². The van der Waals surface area contributed by atoms with Gasteiger partial charge in [-0.2, -0.15) is 0 Å². The predicted molar refractivity (Wildman–Crippen MR) is 99.3 cm³/mol. The van der Waals surface area contributed by atoms with Crippen molar-refractivity contribution in [2.45, 2.75) is 0 Å². The molecular weight excluding hydrogens is 290 g/mol. The van der Waals surface area contributed by atoms with E-state index < -0.39 is 0 Å². The molecule has 1 heteroatoms. The van der Waals surface area contributed by atoms with E-state index >= 15 is 0 Å². The molecule has 0 amide bonds. The van der Waals surface area contributed by atoms with Crippen molar-refractivity contribution in [1.29, 1.82) is 0 Å². The average molecular weight is 308 g/mol. The van der Waals surface area contributed by atoms with Crippen LogP contribution in [0, 0.1) is 0 Å². The highest BCUT2D eigenvalue weighted by Crippen LogP contribution is 2.25. The summed E-state index contributed by atoms with van der Waals surface area (Å²) in [6.07, 6.45) is 2.07. The summed E-state index contributed by atoms with van der Waals surface area (Å²) in [5, 5.41) is 0. The first-order chi connectivity index (χ1) is 11.9. The molecule has 1 N–H and O–H groups in total. The van der Waals surface area contributed by atoms with Gasteiger partial charge in [-0.05, 0) is 34.9 Å². The molecule has 4 aromatic rings. The number of aromatic nitrogens is 1. The van der Waals surface area contributed by atoms with Crippen LogP contribution in [0.5, 0.6) is 0 Å². The summed E-state index contributed by atoms with van der Waals surface area (Å²) in [6, 6.07) is 33.8. The Morgan fingerprint density at radius 1 is 0.417 bits per heavy atom. The first-order valence-electron chi connectivity index (χ1n) is 8.13. The lowest BCUT2D eigenvalue weighted by atomic mass is 10.0. The zero-order chi connectivity index (χ0) is 16.2. The molecule has 0 unspecified atom stereocenters. The molecule has 24 heavy (non-hydrogen) atoms. The summed E-state index contributed by atoms with van der Waals surface area (Å²) in [5.41, 5.74) is 7.19. The van der Waals surface area contributed by atoms with Gasteiger partial charge in [-0.3, -0.25) is 0 Å². The Balaban J connectivity index is 1.67. The molecule has 0 saturated carbocycles. The predicted octanol–water partition coefficient (Wildman–Crippen LogP) is 5.50. The van der Waals surface area contributed by atoms with Crippen LogP contribution in [0.3, 0.4) is 0 Å². The van der Waals surface area contributed by atoms with E-state index in [1.807, 2.05) is 12.1 Å². The Hall–Kier alpha value is -3.19. The number of H-pyrrole nitrogens is 1. The van der Waals surface area contributed by atoms with E-state index in [4.69, 9.17) is 0 Å². The summed E-state index contributed by atoms with van der Waals surface area (Å²) in [7, 11) is 0. The fraction of sp³-hybridized carbons (Fsp3) is 0. The lowest BCUT2D eigenvalue weighted by Crippen LogP contribution is -2.06. The average Bonchev–Trinajstić information content (AvgIpc) is 2.70. The lowest BCUT2D eigenvalue weighted by molar-refractivity contribution is -0.363. The van der Waals surface area contributed by atoms with Crippen molar-refractivity contribution < 1.29 is 4.98 Å². The highest BCUT2D eigenvalue weighted by Gasteiger charge is 2.08. The van der Waals surface area contributed by atoms with Crippen molar-refractivity contribution in [3.63, 3.8) is 0 Å². The van der Waals surface area contributed by atoms with Crippen molar-refractivity contribution in [3.05, 3.63) is 103 Å². The second-order valence-corrected chi connectivity index (χ2v) is 5.80. The van der Waals surface area contributed by atoms with E-state index in [0.29, 0.717) is 0 Å². The van der Waals surface area contributed by atoms with Crippen LogP contribution in [0.15, 0.2) is 103 Å². The van der Waals surface area contributed by atoms with Crippen LogP contribution >= 0.6 is 0 Å². The van der Waals surface area contributed by atoms with Crippen LogP contribution in [-0.2, 0) is 0 Å². The van der Waals surface area contributed by atoms with Gasteiger partial charge in [0, 0.05) is 17.2 Å². The third-order valence-electron chi connectivity index (χ3n) is 4.20. The molecule has 1 heterocycles. The first kappa shape index (κ1) is 14.4. The molecule has 3 aromatic carbocycles.